The zero-order chi connectivity index (χ0) is 26.5. The molecule has 1 aromatic carbocycles. The summed E-state index contributed by atoms with van der Waals surface area (Å²) in [6, 6.07) is 4.70. The number of nitrogens with one attached hydrogen (secondary N) is 2. The number of carbonyl (C=O) groups is 1. The van der Waals surface area contributed by atoms with E-state index >= 15 is 0 Å². The molecule has 1 aromatic heterocycles. The second kappa shape index (κ2) is 12.0. The molecule has 3 rings (SSSR count). The van der Waals surface area contributed by atoms with Gasteiger partial charge in [0.25, 0.3) is 0 Å². The standard InChI is InChI=1S/C28H40F2N2O3S/c1-18(2)25-14-20(17-36-25)28(9-7-6-8-10-28)31-16-24(33)23(32-26(34)35-27(3,4)5)13-19-11-21(29)15-22(30)12-19/h11-12,14-15,17-18,23-24,31,33H,6-10,13,16H2,1-5H3,(H,32,34). The maximum Gasteiger partial charge on any atom is 0.407 e. The summed E-state index contributed by atoms with van der Waals surface area (Å²) < 4.78 is 33.0. The van der Waals surface area contributed by atoms with Gasteiger partial charge in [-0.1, -0.05) is 33.1 Å². The lowest BCUT2D eigenvalue weighted by molar-refractivity contribution is 0.0408. The Hall–Kier alpha value is -2.03. The van der Waals surface area contributed by atoms with E-state index in [2.05, 4.69) is 35.9 Å². The maximum absolute atomic E-state index is 13.8. The minimum Gasteiger partial charge on any atom is -0.444 e. The minimum absolute atomic E-state index is 0.0553. The van der Waals surface area contributed by atoms with Crippen LogP contribution in [-0.2, 0) is 16.7 Å². The van der Waals surface area contributed by atoms with Gasteiger partial charge in [0.1, 0.15) is 17.2 Å². The molecule has 1 amide bonds. The van der Waals surface area contributed by atoms with Crippen molar-refractivity contribution < 1.29 is 23.4 Å². The Labute approximate surface area is 217 Å². The Bertz CT molecular complexity index is 992. The molecule has 0 spiro atoms. The van der Waals surface area contributed by atoms with Crippen molar-refractivity contribution in [1.82, 2.24) is 10.6 Å². The van der Waals surface area contributed by atoms with Gasteiger partial charge in [0, 0.05) is 23.0 Å². The Balaban J connectivity index is 1.79. The molecule has 200 valence electrons. The van der Waals surface area contributed by atoms with Gasteiger partial charge in [-0.05, 0) is 80.7 Å². The minimum atomic E-state index is -1.01. The first kappa shape index (κ1) is 28.5. The topological polar surface area (TPSA) is 70.6 Å². The second-order valence-electron chi connectivity index (χ2n) is 11.2. The van der Waals surface area contributed by atoms with Gasteiger partial charge in [-0.25, -0.2) is 13.6 Å². The van der Waals surface area contributed by atoms with Crippen molar-refractivity contribution in [3.8, 4) is 0 Å². The van der Waals surface area contributed by atoms with Crippen molar-refractivity contribution in [2.45, 2.75) is 102 Å². The molecule has 1 aliphatic rings. The van der Waals surface area contributed by atoms with Crippen LogP contribution in [0.15, 0.2) is 29.6 Å². The van der Waals surface area contributed by atoms with E-state index in [9.17, 15) is 18.7 Å². The van der Waals surface area contributed by atoms with E-state index in [0.717, 1.165) is 31.7 Å². The van der Waals surface area contributed by atoms with E-state index in [1.807, 2.05) is 0 Å². The molecule has 36 heavy (non-hydrogen) atoms. The highest BCUT2D eigenvalue weighted by Gasteiger charge is 2.36. The van der Waals surface area contributed by atoms with E-state index < -0.39 is 35.5 Å². The van der Waals surface area contributed by atoms with Crippen LogP contribution in [0.5, 0.6) is 0 Å². The smallest absolute Gasteiger partial charge is 0.407 e. The van der Waals surface area contributed by atoms with E-state index in [1.165, 1.54) is 29.0 Å². The molecule has 2 aromatic rings. The van der Waals surface area contributed by atoms with Crippen LogP contribution in [0.1, 0.15) is 88.6 Å². The third kappa shape index (κ3) is 7.98. The van der Waals surface area contributed by atoms with Crippen molar-refractivity contribution in [2.75, 3.05) is 6.54 Å². The first-order valence-corrected chi connectivity index (χ1v) is 13.7. The SMILES string of the molecule is CC(C)c1cc(C2(NCC(O)C(Cc3cc(F)cc(F)c3)NC(=O)OC(C)(C)C)CCCCC2)cs1. The monoisotopic (exact) mass is 522 g/mol. The first-order valence-electron chi connectivity index (χ1n) is 12.8. The molecule has 0 aliphatic heterocycles. The third-order valence-electron chi connectivity index (χ3n) is 6.64. The van der Waals surface area contributed by atoms with Gasteiger partial charge in [-0.2, -0.15) is 0 Å². The molecule has 1 aliphatic carbocycles. The molecular formula is C28H40F2N2O3S. The van der Waals surface area contributed by atoms with Gasteiger partial charge in [-0.3, -0.25) is 0 Å². The van der Waals surface area contributed by atoms with Crippen LogP contribution in [0.25, 0.3) is 0 Å². The second-order valence-corrected chi connectivity index (χ2v) is 12.2. The maximum atomic E-state index is 13.8. The average molecular weight is 523 g/mol. The number of amides is 1. The van der Waals surface area contributed by atoms with Crippen molar-refractivity contribution in [1.29, 1.82) is 0 Å². The summed E-state index contributed by atoms with van der Waals surface area (Å²) in [6.45, 7) is 9.83. The molecule has 1 heterocycles. The van der Waals surface area contributed by atoms with E-state index in [-0.39, 0.29) is 18.5 Å². The summed E-state index contributed by atoms with van der Waals surface area (Å²) in [4.78, 5) is 13.9. The number of thiophene rings is 1. The summed E-state index contributed by atoms with van der Waals surface area (Å²) >= 11 is 1.76. The van der Waals surface area contributed by atoms with Gasteiger partial charge < -0.3 is 20.5 Å². The number of aliphatic hydroxyl groups excluding tert-OH is 1. The van der Waals surface area contributed by atoms with Gasteiger partial charge in [0.15, 0.2) is 0 Å². The van der Waals surface area contributed by atoms with E-state index in [0.29, 0.717) is 11.5 Å². The van der Waals surface area contributed by atoms with Crippen LogP contribution < -0.4 is 10.6 Å². The molecule has 5 nitrogen and oxygen atoms in total. The Morgan fingerprint density at radius 3 is 2.31 bits per heavy atom. The molecule has 8 heteroatoms. The molecule has 0 radical (unpaired) electrons. The summed E-state index contributed by atoms with van der Waals surface area (Å²) in [5.41, 5.74) is 0.623. The van der Waals surface area contributed by atoms with Crippen molar-refractivity contribution in [2.24, 2.45) is 0 Å². The molecule has 1 saturated carbocycles. The fraction of sp³-hybridized carbons (Fsp3) is 0.607. The highest BCUT2D eigenvalue weighted by atomic mass is 32.1. The van der Waals surface area contributed by atoms with Crippen molar-refractivity contribution in [3.05, 3.63) is 57.3 Å². The quantitative estimate of drug-likeness (QED) is 0.357. The predicted molar refractivity (Wildman–Crippen MR) is 140 cm³/mol. The van der Waals surface area contributed by atoms with Crippen LogP contribution in [0.4, 0.5) is 13.6 Å². The highest BCUT2D eigenvalue weighted by molar-refractivity contribution is 7.10. The molecule has 3 N–H and O–H groups in total. The fourth-order valence-corrected chi connectivity index (χ4v) is 5.82. The van der Waals surface area contributed by atoms with Gasteiger partial charge in [0.05, 0.1) is 12.1 Å². The van der Waals surface area contributed by atoms with Crippen LogP contribution in [0.3, 0.4) is 0 Å². The normalized spacial score (nSPS) is 17.6. The fourth-order valence-electron chi connectivity index (χ4n) is 4.80. The Kier molecular flexibility index (Phi) is 9.52. The Morgan fingerprint density at radius 1 is 1.11 bits per heavy atom. The van der Waals surface area contributed by atoms with E-state index in [1.54, 1.807) is 32.1 Å². The van der Waals surface area contributed by atoms with E-state index in [4.69, 9.17) is 4.74 Å². The number of hydrogen-bond donors (Lipinski definition) is 3. The summed E-state index contributed by atoms with van der Waals surface area (Å²) in [6.07, 6.45) is 3.67. The van der Waals surface area contributed by atoms with Crippen molar-refractivity contribution in [3.63, 3.8) is 0 Å². The molecule has 0 bridgehead atoms. The number of rotatable bonds is 9. The summed E-state index contributed by atoms with van der Waals surface area (Å²) in [5.74, 6) is -0.953. The number of halogens is 2. The number of ether oxygens (including phenoxy) is 1. The highest BCUT2D eigenvalue weighted by Crippen LogP contribution is 2.40. The van der Waals surface area contributed by atoms with Crippen LogP contribution in [0, 0.1) is 11.6 Å². The lowest BCUT2D eigenvalue weighted by atomic mass is 9.77. The zero-order valence-electron chi connectivity index (χ0n) is 22.0. The average Bonchev–Trinajstić information content (AvgIpc) is 3.27. The number of alkyl carbamates (subject to hydrolysis) is 1. The van der Waals surface area contributed by atoms with Gasteiger partial charge >= 0.3 is 6.09 Å². The van der Waals surface area contributed by atoms with Crippen LogP contribution in [0.2, 0.25) is 0 Å². The number of carbonyl (C=O) groups excluding carboxylic acids is 1. The lowest BCUT2D eigenvalue weighted by Crippen LogP contribution is -2.53. The lowest BCUT2D eigenvalue weighted by Gasteiger charge is -2.39. The molecule has 0 saturated heterocycles. The van der Waals surface area contributed by atoms with Crippen LogP contribution >= 0.6 is 11.3 Å². The first-order chi connectivity index (χ1) is 16.9. The predicted octanol–water partition coefficient (Wildman–Crippen LogP) is 6.40. The molecular weight excluding hydrogens is 482 g/mol. The van der Waals surface area contributed by atoms with Crippen molar-refractivity contribution >= 4 is 17.4 Å². The number of aliphatic hydroxyl groups is 1. The summed E-state index contributed by atoms with van der Waals surface area (Å²) in [5, 5.41) is 19.8. The number of benzene rings is 1. The number of hydrogen-bond acceptors (Lipinski definition) is 5. The largest absolute Gasteiger partial charge is 0.444 e. The zero-order valence-corrected chi connectivity index (χ0v) is 22.8. The van der Waals surface area contributed by atoms with Gasteiger partial charge in [-0.15, -0.1) is 11.3 Å². The molecule has 2 atom stereocenters. The molecule has 1 fully saturated rings. The van der Waals surface area contributed by atoms with Crippen LogP contribution in [-0.4, -0.2) is 35.5 Å². The van der Waals surface area contributed by atoms with Gasteiger partial charge in [0.2, 0.25) is 0 Å². The molecule has 2 unspecified atom stereocenters. The summed E-state index contributed by atoms with van der Waals surface area (Å²) in [7, 11) is 0. The third-order valence-corrected chi connectivity index (χ3v) is 7.88. The Morgan fingerprint density at radius 2 is 1.75 bits per heavy atom.